The Balaban J connectivity index is 2.51. The molecule has 21 heavy (non-hydrogen) atoms. The molecular formula is C17H25NO3. The van der Waals surface area contributed by atoms with Gasteiger partial charge in [0.05, 0.1) is 19.7 Å². The number of aromatic nitrogens is 1. The van der Waals surface area contributed by atoms with E-state index in [2.05, 4.69) is 17.7 Å². The van der Waals surface area contributed by atoms with E-state index in [9.17, 15) is 0 Å². The van der Waals surface area contributed by atoms with Gasteiger partial charge in [-0.15, -0.1) is 0 Å². The second-order valence-corrected chi connectivity index (χ2v) is 5.25. The van der Waals surface area contributed by atoms with Gasteiger partial charge in [0.25, 0.3) is 0 Å². The first-order chi connectivity index (χ1) is 10.2. The molecule has 0 fully saturated rings. The minimum atomic E-state index is 0.217. The van der Waals surface area contributed by atoms with E-state index in [1.807, 2.05) is 12.1 Å². The van der Waals surface area contributed by atoms with Crippen LogP contribution in [0.4, 0.5) is 0 Å². The second kappa shape index (κ2) is 7.36. The highest BCUT2D eigenvalue weighted by Gasteiger charge is 2.13. The van der Waals surface area contributed by atoms with Crippen molar-refractivity contribution < 1.29 is 14.6 Å². The van der Waals surface area contributed by atoms with Gasteiger partial charge >= 0.3 is 0 Å². The molecule has 1 aromatic carbocycles. The number of unbranched alkanes of at least 4 members (excludes halogenated alkanes) is 1. The Kier molecular flexibility index (Phi) is 5.51. The van der Waals surface area contributed by atoms with Crippen LogP contribution in [0, 0.1) is 0 Å². The summed E-state index contributed by atoms with van der Waals surface area (Å²) in [7, 11) is 3.32. The zero-order valence-electron chi connectivity index (χ0n) is 13.2. The fourth-order valence-corrected chi connectivity index (χ4v) is 2.67. The Morgan fingerprint density at radius 1 is 1.10 bits per heavy atom. The van der Waals surface area contributed by atoms with Gasteiger partial charge in [-0.2, -0.15) is 0 Å². The van der Waals surface area contributed by atoms with Crippen molar-refractivity contribution in [2.45, 2.75) is 39.2 Å². The number of aliphatic hydroxyl groups excluding tert-OH is 1. The summed E-state index contributed by atoms with van der Waals surface area (Å²) in [6.45, 7) is 3.42. The van der Waals surface area contributed by atoms with Crippen LogP contribution in [0.15, 0.2) is 18.3 Å². The Labute approximate surface area is 126 Å². The lowest BCUT2D eigenvalue weighted by molar-refractivity contribution is 0.288. The number of aliphatic hydroxyl groups is 1. The molecule has 0 aliphatic rings. The molecule has 1 N–H and O–H groups in total. The van der Waals surface area contributed by atoms with Crippen LogP contribution in [0.5, 0.6) is 11.5 Å². The van der Waals surface area contributed by atoms with Crippen molar-refractivity contribution in [3.8, 4) is 11.5 Å². The predicted molar refractivity (Wildman–Crippen MR) is 85.4 cm³/mol. The molecule has 2 rings (SSSR count). The van der Waals surface area contributed by atoms with E-state index in [4.69, 9.17) is 14.6 Å². The maximum absolute atomic E-state index is 9.08. The molecular weight excluding hydrogens is 266 g/mol. The lowest BCUT2D eigenvalue weighted by atomic mass is 10.1. The number of ether oxygens (including phenoxy) is 2. The molecule has 0 radical (unpaired) electrons. The third-order valence-corrected chi connectivity index (χ3v) is 3.83. The van der Waals surface area contributed by atoms with Crippen LogP contribution in [-0.4, -0.2) is 30.5 Å². The molecule has 0 bridgehead atoms. The number of nitrogens with zero attached hydrogens (tertiary/aromatic N) is 1. The monoisotopic (exact) mass is 291 g/mol. The zero-order valence-corrected chi connectivity index (χ0v) is 13.2. The first-order valence-electron chi connectivity index (χ1n) is 7.59. The molecule has 1 heterocycles. The molecule has 0 amide bonds. The topological polar surface area (TPSA) is 43.6 Å². The van der Waals surface area contributed by atoms with Crippen molar-refractivity contribution in [1.29, 1.82) is 0 Å². The van der Waals surface area contributed by atoms with E-state index in [0.717, 1.165) is 37.3 Å². The number of hydrogen-bond donors (Lipinski definition) is 1. The van der Waals surface area contributed by atoms with Gasteiger partial charge in [0.15, 0.2) is 11.5 Å². The fourth-order valence-electron chi connectivity index (χ4n) is 2.67. The molecule has 0 saturated carbocycles. The molecule has 1 aromatic heterocycles. The first kappa shape index (κ1) is 15.7. The molecule has 0 unspecified atom stereocenters. The quantitative estimate of drug-likeness (QED) is 0.811. The average Bonchev–Trinajstić information content (AvgIpc) is 2.86. The average molecular weight is 291 g/mol. The van der Waals surface area contributed by atoms with E-state index in [1.165, 1.54) is 22.9 Å². The van der Waals surface area contributed by atoms with Crippen LogP contribution >= 0.6 is 0 Å². The van der Waals surface area contributed by atoms with Gasteiger partial charge in [0.1, 0.15) is 0 Å². The number of fused-ring (bicyclic) bond motifs is 1. The molecule has 4 heteroatoms. The Hall–Kier alpha value is -1.68. The predicted octanol–water partition coefficient (Wildman–Crippen LogP) is 3.38. The van der Waals surface area contributed by atoms with Crippen LogP contribution in [0.2, 0.25) is 0 Å². The molecule has 2 aromatic rings. The minimum Gasteiger partial charge on any atom is -0.493 e. The highest BCUT2D eigenvalue weighted by atomic mass is 16.5. The largest absolute Gasteiger partial charge is 0.493 e. The summed E-state index contributed by atoms with van der Waals surface area (Å²) >= 11 is 0. The van der Waals surface area contributed by atoms with Gasteiger partial charge in [0.2, 0.25) is 0 Å². The third-order valence-electron chi connectivity index (χ3n) is 3.83. The Bertz CT molecular complexity index is 539. The normalized spacial score (nSPS) is 11.0. The number of methoxy groups -OCH3 is 2. The van der Waals surface area contributed by atoms with Crippen molar-refractivity contribution in [1.82, 2.24) is 4.57 Å². The van der Waals surface area contributed by atoms with Gasteiger partial charge in [-0.1, -0.05) is 13.3 Å². The Morgan fingerprint density at radius 2 is 1.81 bits per heavy atom. The molecule has 4 nitrogen and oxygen atoms in total. The maximum Gasteiger partial charge on any atom is 0.162 e. The molecule has 0 atom stereocenters. The number of aryl methyl sites for hydroxylation is 2. The van der Waals surface area contributed by atoms with Crippen LogP contribution in [0.25, 0.3) is 10.9 Å². The van der Waals surface area contributed by atoms with E-state index in [-0.39, 0.29) is 6.61 Å². The lowest BCUT2D eigenvalue weighted by Gasteiger charge is -2.10. The van der Waals surface area contributed by atoms with Crippen LogP contribution in [0.3, 0.4) is 0 Å². The van der Waals surface area contributed by atoms with Gasteiger partial charge in [-0.3, -0.25) is 0 Å². The standard InChI is InChI=1S/C17H25NO3/c1-4-5-8-18-12-13(7-6-9-19)14-10-16(20-2)17(21-3)11-15(14)18/h10-12,19H,4-9H2,1-3H3. The van der Waals surface area contributed by atoms with Crippen molar-refractivity contribution in [2.75, 3.05) is 20.8 Å². The second-order valence-electron chi connectivity index (χ2n) is 5.25. The van der Waals surface area contributed by atoms with E-state index in [1.54, 1.807) is 14.2 Å². The number of benzene rings is 1. The minimum absolute atomic E-state index is 0.217. The summed E-state index contributed by atoms with van der Waals surface area (Å²) in [5.41, 5.74) is 2.44. The van der Waals surface area contributed by atoms with Gasteiger partial charge in [-0.25, -0.2) is 0 Å². The SMILES string of the molecule is CCCCn1cc(CCCO)c2cc(OC)c(OC)cc21. The van der Waals surface area contributed by atoms with Crippen molar-refractivity contribution in [3.63, 3.8) is 0 Å². The van der Waals surface area contributed by atoms with Gasteiger partial charge in [0, 0.05) is 30.8 Å². The van der Waals surface area contributed by atoms with Crippen molar-refractivity contribution in [2.24, 2.45) is 0 Å². The number of hydrogen-bond acceptors (Lipinski definition) is 3. The summed E-state index contributed by atoms with van der Waals surface area (Å²) in [6.07, 6.45) is 6.17. The molecule has 0 aliphatic carbocycles. The summed E-state index contributed by atoms with van der Waals surface area (Å²) in [5.74, 6) is 1.51. The van der Waals surface area contributed by atoms with Gasteiger partial charge < -0.3 is 19.1 Å². The lowest BCUT2D eigenvalue weighted by Crippen LogP contribution is -1.96. The molecule has 116 valence electrons. The first-order valence-corrected chi connectivity index (χ1v) is 7.59. The molecule has 0 spiro atoms. The number of rotatable bonds is 8. The highest BCUT2D eigenvalue weighted by Crippen LogP contribution is 2.35. The summed E-state index contributed by atoms with van der Waals surface area (Å²) in [4.78, 5) is 0. The third kappa shape index (κ3) is 3.32. The summed E-state index contributed by atoms with van der Waals surface area (Å²) in [5, 5.41) is 10.3. The van der Waals surface area contributed by atoms with Crippen LogP contribution < -0.4 is 9.47 Å². The summed E-state index contributed by atoms with van der Waals surface area (Å²) < 4.78 is 13.1. The smallest absolute Gasteiger partial charge is 0.162 e. The van der Waals surface area contributed by atoms with Crippen molar-refractivity contribution in [3.05, 3.63) is 23.9 Å². The molecule has 0 aliphatic heterocycles. The van der Waals surface area contributed by atoms with E-state index >= 15 is 0 Å². The van der Waals surface area contributed by atoms with Gasteiger partial charge in [-0.05, 0) is 30.9 Å². The van der Waals surface area contributed by atoms with Crippen LogP contribution in [0.1, 0.15) is 31.7 Å². The summed E-state index contributed by atoms with van der Waals surface area (Å²) in [6, 6.07) is 4.09. The van der Waals surface area contributed by atoms with E-state index < -0.39 is 0 Å². The van der Waals surface area contributed by atoms with Crippen molar-refractivity contribution >= 4 is 10.9 Å². The van der Waals surface area contributed by atoms with Crippen LogP contribution in [-0.2, 0) is 13.0 Å². The maximum atomic E-state index is 9.08. The Morgan fingerprint density at radius 3 is 2.43 bits per heavy atom. The molecule has 0 saturated heterocycles. The zero-order chi connectivity index (χ0) is 15.2. The van der Waals surface area contributed by atoms with E-state index in [0.29, 0.717) is 0 Å². The highest BCUT2D eigenvalue weighted by molar-refractivity contribution is 5.87. The fraction of sp³-hybridized carbons (Fsp3) is 0.529.